The van der Waals surface area contributed by atoms with E-state index < -0.39 is 0 Å². The van der Waals surface area contributed by atoms with Crippen molar-refractivity contribution in [1.82, 2.24) is 5.01 Å². The molecule has 0 N–H and O–H groups in total. The van der Waals surface area contributed by atoms with Gasteiger partial charge in [0.15, 0.2) is 0 Å². The van der Waals surface area contributed by atoms with Crippen molar-refractivity contribution in [2.24, 2.45) is 5.10 Å². The lowest BCUT2D eigenvalue weighted by Gasteiger charge is -2.35. The van der Waals surface area contributed by atoms with E-state index >= 15 is 0 Å². The van der Waals surface area contributed by atoms with E-state index in [4.69, 9.17) is 33.0 Å². The van der Waals surface area contributed by atoms with Gasteiger partial charge < -0.3 is 9.64 Å². The Kier molecular flexibility index (Phi) is 5.71. The van der Waals surface area contributed by atoms with Gasteiger partial charge in [0.2, 0.25) is 0 Å². The maximum atomic E-state index is 6.10. The normalized spacial score (nSPS) is 15.4. The van der Waals surface area contributed by atoms with Gasteiger partial charge in [-0.2, -0.15) is 5.10 Å². The van der Waals surface area contributed by atoms with Crippen LogP contribution in [0.15, 0.2) is 47.6 Å². The molecule has 1 fully saturated rings. The van der Waals surface area contributed by atoms with Crippen molar-refractivity contribution < 1.29 is 4.74 Å². The second-order valence-electron chi connectivity index (χ2n) is 5.93. The lowest BCUT2D eigenvalue weighted by atomic mass is 10.1. The fourth-order valence-corrected chi connectivity index (χ4v) is 3.22. The number of hydrazone groups is 1. The summed E-state index contributed by atoms with van der Waals surface area (Å²) >= 11 is 12.1. The summed E-state index contributed by atoms with van der Waals surface area (Å²) in [6, 6.07) is 13.7. The van der Waals surface area contributed by atoms with Gasteiger partial charge in [0.25, 0.3) is 0 Å². The van der Waals surface area contributed by atoms with Crippen molar-refractivity contribution in [2.75, 3.05) is 38.2 Å². The molecule has 132 valence electrons. The molecule has 0 saturated carbocycles. The molecule has 0 aliphatic carbocycles. The summed E-state index contributed by atoms with van der Waals surface area (Å²) in [7, 11) is 1.71. The van der Waals surface area contributed by atoms with Crippen molar-refractivity contribution >= 4 is 34.6 Å². The maximum absolute atomic E-state index is 6.10. The lowest BCUT2D eigenvalue weighted by molar-refractivity contribution is 0.269. The summed E-state index contributed by atoms with van der Waals surface area (Å²) in [4.78, 5) is 2.33. The van der Waals surface area contributed by atoms with Crippen molar-refractivity contribution in [3.05, 3.63) is 58.1 Å². The van der Waals surface area contributed by atoms with Crippen molar-refractivity contribution in [1.29, 1.82) is 0 Å². The maximum Gasteiger partial charge on any atom is 0.142 e. The first-order chi connectivity index (χ1) is 12.1. The van der Waals surface area contributed by atoms with Gasteiger partial charge in [-0.3, -0.25) is 5.01 Å². The standard InChI is InChI=1S/C19H21Cl2N3O/c1-14(15-7-8-16(20)17(21)13-15)22-24-11-9-23(10-12-24)18-5-3-4-6-19(18)25-2/h3-8,13H,9-12H2,1-2H3/b22-14-. The second kappa shape index (κ2) is 7.98. The highest BCUT2D eigenvalue weighted by Gasteiger charge is 2.18. The fourth-order valence-electron chi connectivity index (χ4n) is 2.92. The number of methoxy groups -OCH3 is 1. The highest BCUT2D eigenvalue weighted by atomic mass is 35.5. The summed E-state index contributed by atoms with van der Waals surface area (Å²) in [5, 5.41) is 7.95. The number of halogens is 2. The third-order valence-corrected chi connectivity index (χ3v) is 5.05. The number of para-hydroxylation sites is 2. The van der Waals surface area contributed by atoms with E-state index in [0.29, 0.717) is 10.0 Å². The predicted molar refractivity (Wildman–Crippen MR) is 105 cm³/mol. The number of hydrogen-bond acceptors (Lipinski definition) is 4. The van der Waals surface area contributed by atoms with E-state index in [0.717, 1.165) is 48.9 Å². The fraction of sp³-hybridized carbons (Fsp3) is 0.316. The molecule has 0 atom stereocenters. The van der Waals surface area contributed by atoms with Gasteiger partial charge in [-0.05, 0) is 36.8 Å². The molecule has 1 aliphatic rings. The molecule has 6 heteroatoms. The molecule has 2 aromatic carbocycles. The number of benzene rings is 2. The second-order valence-corrected chi connectivity index (χ2v) is 6.74. The van der Waals surface area contributed by atoms with E-state index in [1.807, 2.05) is 37.3 Å². The Morgan fingerprint density at radius 3 is 2.40 bits per heavy atom. The zero-order valence-electron chi connectivity index (χ0n) is 14.4. The van der Waals surface area contributed by atoms with Gasteiger partial charge in [0, 0.05) is 13.1 Å². The van der Waals surface area contributed by atoms with Crippen LogP contribution in [-0.4, -0.2) is 44.0 Å². The number of anilines is 1. The van der Waals surface area contributed by atoms with Crippen LogP contribution < -0.4 is 9.64 Å². The quantitative estimate of drug-likeness (QED) is 0.731. The minimum absolute atomic E-state index is 0.551. The first kappa shape index (κ1) is 17.9. The third-order valence-electron chi connectivity index (χ3n) is 4.31. The van der Waals surface area contributed by atoms with E-state index in [1.54, 1.807) is 13.2 Å². The Hall–Kier alpha value is -1.91. The summed E-state index contributed by atoms with van der Waals surface area (Å²) < 4.78 is 5.46. The Labute approximate surface area is 158 Å². The van der Waals surface area contributed by atoms with E-state index in [1.165, 1.54) is 0 Å². The van der Waals surface area contributed by atoms with E-state index in [-0.39, 0.29) is 0 Å². The molecular formula is C19H21Cl2N3O. The Balaban J connectivity index is 1.66. The van der Waals surface area contributed by atoms with E-state index in [2.05, 4.69) is 16.0 Å². The highest BCUT2D eigenvalue weighted by molar-refractivity contribution is 6.42. The molecule has 25 heavy (non-hydrogen) atoms. The predicted octanol–water partition coefficient (Wildman–Crippen LogP) is 4.55. The minimum atomic E-state index is 0.551. The SMILES string of the molecule is COc1ccccc1N1CCN(/N=C(/C)c2ccc(Cl)c(Cl)c2)CC1. The Morgan fingerprint density at radius 1 is 1.00 bits per heavy atom. The van der Waals surface area contributed by atoms with Crippen LogP contribution in [0, 0.1) is 0 Å². The van der Waals surface area contributed by atoms with Gasteiger partial charge >= 0.3 is 0 Å². The smallest absolute Gasteiger partial charge is 0.142 e. The largest absolute Gasteiger partial charge is 0.495 e. The molecule has 0 unspecified atom stereocenters. The van der Waals surface area contributed by atoms with Crippen LogP contribution in [0.25, 0.3) is 0 Å². The molecule has 3 rings (SSSR count). The van der Waals surface area contributed by atoms with Crippen LogP contribution in [0.4, 0.5) is 5.69 Å². The molecule has 0 amide bonds. The molecule has 0 spiro atoms. The molecule has 0 bridgehead atoms. The van der Waals surface area contributed by atoms with E-state index in [9.17, 15) is 0 Å². The summed E-state index contributed by atoms with van der Waals surface area (Å²) in [5.41, 5.74) is 3.06. The highest BCUT2D eigenvalue weighted by Crippen LogP contribution is 2.28. The molecule has 0 aromatic heterocycles. The molecule has 1 heterocycles. The molecule has 2 aromatic rings. The number of ether oxygens (including phenoxy) is 1. The molecule has 1 aliphatic heterocycles. The van der Waals surface area contributed by atoms with Crippen molar-refractivity contribution in [3.8, 4) is 5.75 Å². The average molecular weight is 378 g/mol. The van der Waals surface area contributed by atoms with Crippen LogP contribution in [0.3, 0.4) is 0 Å². The van der Waals surface area contributed by atoms with Gasteiger partial charge in [-0.25, -0.2) is 0 Å². The number of hydrogen-bond donors (Lipinski definition) is 0. The monoisotopic (exact) mass is 377 g/mol. The van der Waals surface area contributed by atoms with Crippen LogP contribution in [0.2, 0.25) is 10.0 Å². The van der Waals surface area contributed by atoms with Gasteiger partial charge in [0.05, 0.1) is 41.6 Å². The molecule has 4 nitrogen and oxygen atoms in total. The lowest BCUT2D eigenvalue weighted by Crippen LogP contribution is -2.44. The first-order valence-electron chi connectivity index (χ1n) is 8.22. The zero-order chi connectivity index (χ0) is 17.8. The topological polar surface area (TPSA) is 28.1 Å². The van der Waals surface area contributed by atoms with Gasteiger partial charge in [0.1, 0.15) is 5.75 Å². The number of nitrogens with zero attached hydrogens (tertiary/aromatic N) is 3. The Morgan fingerprint density at radius 2 is 1.72 bits per heavy atom. The summed E-state index contributed by atoms with van der Waals surface area (Å²) in [5.74, 6) is 0.909. The molecule has 1 saturated heterocycles. The first-order valence-corrected chi connectivity index (χ1v) is 8.97. The third kappa shape index (κ3) is 4.20. The van der Waals surface area contributed by atoms with Crippen molar-refractivity contribution in [2.45, 2.75) is 6.92 Å². The van der Waals surface area contributed by atoms with Crippen molar-refractivity contribution in [3.63, 3.8) is 0 Å². The zero-order valence-corrected chi connectivity index (χ0v) is 15.9. The minimum Gasteiger partial charge on any atom is -0.495 e. The number of piperazine rings is 1. The van der Waals surface area contributed by atoms with Crippen LogP contribution in [-0.2, 0) is 0 Å². The van der Waals surface area contributed by atoms with Crippen LogP contribution in [0.5, 0.6) is 5.75 Å². The Bertz CT molecular complexity index is 771. The van der Waals surface area contributed by atoms with Crippen LogP contribution in [0.1, 0.15) is 12.5 Å². The average Bonchev–Trinajstić information content (AvgIpc) is 2.64. The van der Waals surface area contributed by atoms with Crippen LogP contribution >= 0.6 is 23.2 Å². The molecular weight excluding hydrogens is 357 g/mol. The number of rotatable bonds is 4. The van der Waals surface area contributed by atoms with Gasteiger partial charge in [-0.1, -0.05) is 41.4 Å². The van der Waals surface area contributed by atoms with Gasteiger partial charge in [-0.15, -0.1) is 0 Å². The summed E-state index contributed by atoms with van der Waals surface area (Å²) in [6.45, 7) is 5.51. The molecule has 0 radical (unpaired) electrons. The summed E-state index contributed by atoms with van der Waals surface area (Å²) in [6.07, 6.45) is 0.